The third-order valence-corrected chi connectivity index (χ3v) is 3.35. The van der Waals surface area contributed by atoms with Gasteiger partial charge in [0.2, 0.25) is 0 Å². The van der Waals surface area contributed by atoms with Crippen LogP contribution in [-0.4, -0.2) is 7.05 Å². The van der Waals surface area contributed by atoms with E-state index in [2.05, 4.69) is 46.5 Å². The summed E-state index contributed by atoms with van der Waals surface area (Å²) >= 11 is 0. The van der Waals surface area contributed by atoms with Crippen molar-refractivity contribution in [1.29, 1.82) is 0 Å². The van der Waals surface area contributed by atoms with Gasteiger partial charge in [0.25, 0.3) is 0 Å². The molecule has 0 unspecified atom stereocenters. The topological polar surface area (TPSA) is 12.0 Å². The summed E-state index contributed by atoms with van der Waals surface area (Å²) in [5.74, 6) is 1.25. The van der Waals surface area contributed by atoms with Gasteiger partial charge >= 0.3 is 0 Å². The Morgan fingerprint density at radius 3 is 1.58 bits per heavy atom. The van der Waals surface area contributed by atoms with Crippen LogP contribution in [-0.2, 0) is 0 Å². The van der Waals surface area contributed by atoms with E-state index in [1.54, 1.807) is 0 Å². The Balaban J connectivity index is 4.74. The molecule has 1 heteroatoms. The van der Waals surface area contributed by atoms with E-state index >= 15 is 0 Å². The average molecular weight is 169 g/mol. The Bertz CT molecular complexity index is 148. The van der Waals surface area contributed by atoms with E-state index in [9.17, 15) is 0 Å². The molecule has 0 aliphatic rings. The average Bonchev–Trinajstić information content (AvgIpc) is 2.00. The van der Waals surface area contributed by atoms with Gasteiger partial charge in [-0.05, 0) is 11.8 Å². The normalized spacial score (nSPS) is 12.3. The van der Waals surface area contributed by atoms with Gasteiger partial charge in [-0.3, -0.25) is 0 Å². The van der Waals surface area contributed by atoms with Gasteiger partial charge in [-0.15, -0.1) is 0 Å². The summed E-state index contributed by atoms with van der Waals surface area (Å²) < 4.78 is 0. The highest BCUT2D eigenvalue weighted by molar-refractivity contribution is 5.08. The molecule has 0 bridgehead atoms. The summed E-state index contributed by atoms with van der Waals surface area (Å²) in [5.41, 5.74) is 1.35. The van der Waals surface area contributed by atoms with Crippen LogP contribution in [0, 0.1) is 17.3 Å². The van der Waals surface area contributed by atoms with E-state index in [1.807, 2.05) is 7.05 Å². The van der Waals surface area contributed by atoms with Gasteiger partial charge < -0.3 is 5.32 Å². The molecule has 0 aromatic carbocycles. The monoisotopic (exact) mass is 169 g/mol. The van der Waals surface area contributed by atoms with Gasteiger partial charge in [-0.25, -0.2) is 0 Å². The Morgan fingerprint density at radius 1 is 1.17 bits per heavy atom. The van der Waals surface area contributed by atoms with Gasteiger partial charge in [-0.2, -0.15) is 0 Å². The lowest BCUT2D eigenvalue weighted by molar-refractivity contribution is 0.180. The summed E-state index contributed by atoms with van der Waals surface area (Å²) in [7, 11) is 1.95. The summed E-state index contributed by atoms with van der Waals surface area (Å²) in [6.07, 6.45) is 0. The largest absolute Gasteiger partial charge is 0.391 e. The Morgan fingerprint density at radius 2 is 1.50 bits per heavy atom. The van der Waals surface area contributed by atoms with Crippen LogP contribution in [0.25, 0.3) is 0 Å². The fraction of sp³-hybridized carbons (Fsp3) is 0.818. The maximum atomic E-state index is 4.08. The minimum absolute atomic E-state index is 0.203. The minimum atomic E-state index is 0.203. The fourth-order valence-electron chi connectivity index (χ4n) is 1.63. The van der Waals surface area contributed by atoms with Crippen LogP contribution < -0.4 is 5.32 Å². The van der Waals surface area contributed by atoms with E-state index in [1.165, 1.54) is 0 Å². The lowest BCUT2D eigenvalue weighted by atomic mass is 9.68. The second-order valence-electron chi connectivity index (χ2n) is 4.32. The molecule has 0 rings (SSSR count). The van der Waals surface area contributed by atoms with E-state index in [0.29, 0.717) is 11.8 Å². The van der Waals surface area contributed by atoms with Crippen molar-refractivity contribution in [2.45, 2.75) is 34.6 Å². The molecule has 12 heavy (non-hydrogen) atoms. The maximum Gasteiger partial charge on any atom is 0.0112 e. The third-order valence-electron chi connectivity index (χ3n) is 3.35. The molecule has 0 saturated heterocycles. The first-order valence-electron chi connectivity index (χ1n) is 4.74. The first kappa shape index (κ1) is 11.5. The van der Waals surface area contributed by atoms with Crippen molar-refractivity contribution in [2.75, 3.05) is 7.05 Å². The zero-order valence-electron chi connectivity index (χ0n) is 9.36. The first-order valence-corrected chi connectivity index (χ1v) is 4.74. The zero-order chi connectivity index (χ0) is 9.94. The first-order chi connectivity index (χ1) is 5.37. The highest BCUT2D eigenvalue weighted by atomic mass is 14.9. The number of rotatable bonds is 4. The third kappa shape index (κ3) is 1.82. The molecule has 0 aliphatic carbocycles. The molecule has 0 amide bonds. The molecule has 0 atom stereocenters. The van der Waals surface area contributed by atoms with Crippen LogP contribution >= 0.6 is 0 Å². The van der Waals surface area contributed by atoms with E-state index in [4.69, 9.17) is 0 Å². The van der Waals surface area contributed by atoms with Crippen LogP contribution in [0.15, 0.2) is 12.3 Å². The number of nitrogens with one attached hydrogen (secondary N) is 1. The van der Waals surface area contributed by atoms with E-state index < -0.39 is 0 Å². The van der Waals surface area contributed by atoms with Crippen molar-refractivity contribution >= 4 is 0 Å². The molecule has 0 fully saturated rings. The molecule has 0 aromatic rings. The maximum absolute atomic E-state index is 4.08. The molecule has 0 spiro atoms. The lowest BCUT2D eigenvalue weighted by Crippen LogP contribution is -2.36. The number of hydrogen-bond acceptors (Lipinski definition) is 1. The SMILES string of the molecule is C=C(NC)C(C)(C(C)C)C(C)C. The summed E-state index contributed by atoms with van der Waals surface area (Å²) in [6, 6.07) is 0. The van der Waals surface area contributed by atoms with Crippen molar-refractivity contribution in [2.24, 2.45) is 17.3 Å². The summed E-state index contributed by atoms with van der Waals surface area (Å²) in [5, 5.41) is 3.17. The Kier molecular flexibility index (Phi) is 3.82. The van der Waals surface area contributed by atoms with Gasteiger partial charge in [0, 0.05) is 18.2 Å². The Labute approximate surface area is 77.2 Å². The molecule has 0 heterocycles. The van der Waals surface area contributed by atoms with Crippen LogP contribution in [0.3, 0.4) is 0 Å². The second-order valence-corrected chi connectivity index (χ2v) is 4.32. The van der Waals surface area contributed by atoms with Gasteiger partial charge in [0.1, 0.15) is 0 Å². The molecule has 72 valence electrons. The standard InChI is InChI=1S/C11H23N/c1-8(2)11(6,9(3)4)10(5)12-7/h8-9,12H,5H2,1-4,6-7H3. The smallest absolute Gasteiger partial charge is 0.0112 e. The number of allylic oxidation sites excluding steroid dienone is 1. The predicted octanol–water partition coefficient (Wildman–Crippen LogP) is 3.04. The van der Waals surface area contributed by atoms with Crippen LogP contribution in [0.4, 0.5) is 0 Å². The van der Waals surface area contributed by atoms with Crippen molar-refractivity contribution in [3.05, 3.63) is 12.3 Å². The second kappa shape index (κ2) is 3.97. The summed E-state index contributed by atoms with van der Waals surface area (Å²) in [4.78, 5) is 0. The molecule has 0 radical (unpaired) electrons. The Hall–Kier alpha value is -0.460. The predicted molar refractivity (Wildman–Crippen MR) is 56.0 cm³/mol. The fourth-order valence-corrected chi connectivity index (χ4v) is 1.63. The molecule has 0 saturated carbocycles. The minimum Gasteiger partial charge on any atom is -0.391 e. The summed E-state index contributed by atoms with van der Waals surface area (Å²) in [6.45, 7) is 15.4. The molecule has 1 N–H and O–H groups in total. The van der Waals surface area contributed by atoms with Crippen LogP contribution in [0.1, 0.15) is 34.6 Å². The van der Waals surface area contributed by atoms with Gasteiger partial charge in [-0.1, -0.05) is 41.2 Å². The molecular weight excluding hydrogens is 146 g/mol. The van der Waals surface area contributed by atoms with Gasteiger partial charge in [0.05, 0.1) is 0 Å². The molecule has 1 nitrogen and oxygen atoms in total. The van der Waals surface area contributed by atoms with Crippen LogP contribution in [0.5, 0.6) is 0 Å². The van der Waals surface area contributed by atoms with Crippen molar-refractivity contribution in [3.8, 4) is 0 Å². The lowest BCUT2D eigenvalue weighted by Gasteiger charge is -2.39. The van der Waals surface area contributed by atoms with Crippen molar-refractivity contribution in [3.63, 3.8) is 0 Å². The van der Waals surface area contributed by atoms with Crippen LogP contribution in [0.2, 0.25) is 0 Å². The molecular formula is C11H23N. The highest BCUT2D eigenvalue weighted by Gasteiger charge is 2.34. The molecule has 0 aliphatic heterocycles. The number of hydrogen-bond donors (Lipinski definition) is 1. The quantitative estimate of drug-likeness (QED) is 0.682. The zero-order valence-corrected chi connectivity index (χ0v) is 9.36. The van der Waals surface area contributed by atoms with Crippen molar-refractivity contribution < 1.29 is 0 Å². The van der Waals surface area contributed by atoms with E-state index in [0.717, 1.165) is 5.70 Å². The van der Waals surface area contributed by atoms with Crippen molar-refractivity contribution in [1.82, 2.24) is 5.32 Å². The van der Waals surface area contributed by atoms with Gasteiger partial charge in [0.15, 0.2) is 0 Å². The highest BCUT2D eigenvalue weighted by Crippen LogP contribution is 2.39. The molecule has 0 aromatic heterocycles. The van der Waals surface area contributed by atoms with E-state index in [-0.39, 0.29) is 5.41 Å².